The summed E-state index contributed by atoms with van der Waals surface area (Å²) in [5.41, 5.74) is 4.09. The zero-order valence-electron chi connectivity index (χ0n) is 11.4. The van der Waals surface area contributed by atoms with Crippen molar-refractivity contribution in [3.63, 3.8) is 0 Å². The third-order valence-corrected chi connectivity index (χ3v) is 5.03. The van der Waals surface area contributed by atoms with Crippen LogP contribution < -0.4 is 5.32 Å². The number of nitrogens with one attached hydrogen (secondary N) is 1. The van der Waals surface area contributed by atoms with Gasteiger partial charge in [0.15, 0.2) is 0 Å². The molecule has 3 heteroatoms. The fourth-order valence-electron chi connectivity index (χ4n) is 3.92. The second-order valence-electron chi connectivity index (χ2n) is 6.34. The molecule has 3 aliphatic rings. The molecule has 0 unspecified atom stereocenters. The van der Waals surface area contributed by atoms with E-state index >= 15 is 0 Å². The first kappa shape index (κ1) is 11.9. The zero-order valence-corrected chi connectivity index (χ0v) is 11.4. The molecule has 0 aromatic carbocycles. The van der Waals surface area contributed by atoms with Gasteiger partial charge in [-0.1, -0.05) is 0 Å². The van der Waals surface area contributed by atoms with Gasteiger partial charge in [0, 0.05) is 18.8 Å². The van der Waals surface area contributed by atoms with Crippen molar-refractivity contribution in [1.82, 2.24) is 10.3 Å². The van der Waals surface area contributed by atoms with Gasteiger partial charge in [0.1, 0.15) is 0 Å². The van der Waals surface area contributed by atoms with Gasteiger partial charge >= 0.3 is 0 Å². The Balaban J connectivity index is 1.40. The van der Waals surface area contributed by atoms with Crippen molar-refractivity contribution in [3.05, 3.63) is 29.1 Å². The van der Waals surface area contributed by atoms with Gasteiger partial charge in [-0.15, -0.1) is 0 Å². The largest absolute Gasteiger partial charge is 0.372 e. The van der Waals surface area contributed by atoms with Crippen molar-refractivity contribution in [1.29, 1.82) is 0 Å². The number of hydrogen-bond donors (Lipinski definition) is 1. The molecule has 0 amide bonds. The molecule has 1 saturated heterocycles. The third-order valence-electron chi connectivity index (χ3n) is 5.03. The lowest BCUT2D eigenvalue weighted by Crippen LogP contribution is -2.34. The summed E-state index contributed by atoms with van der Waals surface area (Å²) in [6.45, 7) is 1.84. The quantitative estimate of drug-likeness (QED) is 0.902. The highest BCUT2D eigenvalue weighted by Crippen LogP contribution is 2.33. The normalized spacial score (nSPS) is 32.5. The van der Waals surface area contributed by atoms with Crippen LogP contribution in [0, 0.1) is 5.92 Å². The summed E-state index contributed by atoms with van der Waals surface area (Å²) in [4.78, 5) is 4.57. The Bertz CT molecular complexity index is 474. The van der Waals surface area contributed by atoms with E-state index in [-0.39, 0.29) is 0 Å². The van der Waals surface area contributed by atoms with Crippen molar-refractivity contribution >= 4 is 0 Å². The van der Waals surface area contributed by atoms with Gasteiger partial charge in [0.2, 0.25) is 0 Å². The van der Waals surface area contributed by atoms with Crippen molar-refractivity contribution in [2.75, 3.05) is 6.54 Å². The van der Waals surface area contributed by atoms with E-state index in [0.29, 0.717) is 18.8 Å². The average molecular weight is 258 g/mol. The van der Waals surface area contributed by atoms with Crippen LogP contribution in [0.25, 0.3) is 0 Å². The Labute approximate surface area is 114 Å². The molecule has 1 aromatic heterocycles. The summed E-state index contributed by atoms with van der Waals surface area (Å²) < 4.78 is 6.11. The number of hydrogen-bond acceptors (Lipinski definition) is 3. The van der Waals surface area contributed by atoms with Crippen LogP contribution in [0.2, 0.25) is 0 Å². The molecule has 3 atom stereocenters. The summed E-state index contributed by atoms with van der Waals surface area (Å²) in [6.07, 6.45) is 10.1. The first-order chi connectivity index (χ1) is 9.38. The van der Waals surface area contributed by atoms with Crippen LogP contribution in [0.1, 0.15) is 42.5 Å². The summed E-state index contributed by atoms with van der Waals surface area (Å²) >= 11 is 0. The van der Waals surface area contributed by atoms with Crippen molar-refractivity contribution in [3.8, 4) is 0 Å². The van der Waals surface area contributed by atoms with Crippen LogP contribution >= 0.6 is 0 Å². The van der Waals surface area contributed by atoms with Crippen LogP contribution in [0.5, 0.6) is 0 Å². The number of aryl methyl sites for hydroxylation is 2. The molecule has 1 N–H and O–H groups in total. The van der Waals surface area contributed by atoms with E-state index in [0.717, 1.165) is 18.2 Å². The molecule has 1 saturated carbocycles. The maximum absolute atomic E-state index is 6.11. The molecule has 2 fully saturated rings. The molecule has 1 aromatic rings. The van der Waals surface area contributed by atoms with Gasteiger partial charge in [0.25, 0.3) is 0 Å². The van der Waals surface area contributed by atoms with E-state index in [2.05, 4.69) is 22.6 Å². The number of fused-ring (bicyclic) bond motifs is 3. The van der Waals surface area contributed by atoms with Crippen LogP contribution in [0.3, 0.4) is 0 Å². The Kier molecular flexibility index (Phi) is 3.04. The molecule has 0 spiro atoms. The first-order valence-electron chi connectivity index (χ1n) is 7.70. The standard InChI is InChI=1S/C16H22N2O/c1-2-4-12-8-18-15(5-11(12)3-1)10-19-16-7-14-6-13(16)9-17-14/h5,8,13-14,16-17H,1-4,6-7,9-10H2/t13-,14-,16+/m1/s1. The Morgan fingerprint density at radius 2 is 2.11 bits per heavy atom. The minimum Gasteiger partial charge on any atom is -0.372 e. The highest BCUT2D eigenvalue weighted by atomic mass is 16.5. The van der Waals surface area contributed by atoms with Crippen molar-refractivity contribution in [2.45, 2.75) is 57.3 Å². The lowest BCUT2D eigenvalue weighted by Gasteiger charge is -2.23. The van der Waals surface area contributed by atoms with E-state index in [4.69, 9.17) is 4.74 Å². The molecule has 102 valence electrons. The molecule has 1 aliphatic heterocycles. The van der Waals surface area contributed by atoms with E-state index in [1.165, 1.54) is 49.7 Å². The van der Waals surface area contributed by atoms with Crippen LogP contribution in [0.15, 0.2) is 12.3 Å². The van der Waals surface area contributed by atoms with Gasteiger partial charge < -0.3 is 10.1 Å². The number of aromatic nitrogens is 1. The summed E-state index contributed by atoms with van der Waals surface area (Å²) in [6, 6.07) is 2.99. The molecule has 3 nitrogen and oxygen atoms in total. The third kappa shape index (κ3) is 2.30. The predicted molar refractivity (Wildman–Crippen MR) is 74.0 cm³/mol. The van der Waals surface area contributed by atoms with Gasteiger partial charge in [-0.2, -0.15) is 0 Å². The lowest BCUT2D eigenvalue weighted by atomic mass is 9.93. The Morgan fingerprint density at radius 1 is 1.21 bits per heavy atom. The van der Waals surface area contributed by atoms with Gasteiger partial charge in [-0.3, -0.25) is 4.98 Å². The second-order valence-corrected chi connectivity index (χ2v) is 6.34. The molecule has 2 bridgehead atoms. The summed E-state index contributed by atoms with van der Waals surface area (Å²) in [7, 11) is 0. The van der Waals surface area contributed by atoms with E-state index in [9.17, 15) is 0 Å². The fraction of sp³-hybridized carbons (Fsp3) is 0.688. The smallest absolute Gasteiger partial charge is 0.0891 e. The van der Waals surface area contributed by atoms with E-state index < -0.39 is 0 Å². The monoisotopic (exact) mass is 258 g/mol. The van der Waals surface area contributed by atoms with E-state index in [1.807, 2.05) is 0 Å². The predicted octanol–water partition coefficient (Wildman–Crippen LogP) is 2.23. The SMILES string of the molecule is c1nc(CO[C@H]2C[C@H]3C[C@@H]2CN3)cc2c1CCCC2. The number of rotatable bonds is 3. The highest BCUT2D eigenvalue weighted by molar-refractivity contribution is 5.28. The van der Waals surface area contributed by atoms with Gasteiger partial charge in [-0.25, -0.2) is 0 Å². The van der Waals surface area contributed by atoms with Gasteiger partial charge in [-0.05, 0) is 61.6 Å². The number of pyridine rings is 1. The number of ether oxygens (including phenoxy) is 1. The Morgan fingerprint density at radius 3 is 2.89 bits per heavy atom. The maximum Gasteiger partial charge on any atom is 0.0891 e. The fourth-order valence-corrected chi connectivity index (χ4v) is 3.92. The topological polar surface area (TPSA) is 34.1 Å². The molecular formula is C16H22N2O. The molecule has 19 heavy (non-hydrogen) atoms. The number of nitrogens with zero attached hydrogens (tertiary/aromatic N) is 1. The molecule has 0 radical (unpaired) electrons. The molecular weight excluding hydrogens is 236 g/mol. The van der Waals surface area contributed by atoms with Crippen LogP contribution in [0.4, 0.5) is 0 Å². The minimum atomic E-state index is 0.462. The highest BCUT2D eigenvalue weighted by Gasteiger charge is 2.39. The lowest BCUT2D eigenvalue weighted by molar-refractivity contribution is 0.00797. The average Bonchev–Trinajstić information content (AvgIpc) is 3.07. The molecule has 4 rings (SSSR count). The minimum absolute atomic E-state index is 0.462. The number of piperidine rings is 1. The van der Waals surface area contributed by atoms with Crippen molar-refractivity contribution < 1.29 is 4.74 Å². The van der Waals surface area contributed by atoms with Crippen molar-refractivity contribution in [2.24, 2.45) is 5.92 Å². The van der Waals surface area contributed by atoms with E-state index in [1.54, 1.807) is 0 Å². The van der Waals surface area contributed by atoms with Crippen LogP contribution in [-0.2, 0) is 24.2 Å². The maximum atomic E-state index is 6.11. The summed E-state index contributed by atoms with van der Waals surface area (Å²) in [5, 5.41) is 3.53. The Hall–Kier alpha value is -0.930. The zero-order chi connectivity index (χ0) is 12.7. The van der Waals surface area contributed by atoms with Crippen LogP contribution in [-0.4, -0.2) is 23.7 Å². The molecule has 2 aliphatic carbocycles. The molecule has 2 heterocycles. The first-order valence-corrected chi connectivity index (χ1v) is 7.70. The second kappa shape index (κ2) is 4.88. The summed E-state index contributed by atoms with van der Waals surface area (Å²) in [5.74, 6) is 0.739. The van der Waals surface area contributed by atoms with Gasteiger partial charge in [0.05, 0.1) is 18.4 Å².